The van der Waals surface area contributed by atoms with Crippen molar-refractivity contribution in [1.82, 2.24) is 0 Å². The van der Waals surface area contributed by atoms with Crippen LogP contribution in [0.1, 0.15) is 51.6 Å². The van der Waals surface area contributed by atoms with Gasteiger partial charge in [-0.3, -0.25) is 9.59 Å². The Morgan fingerprint density at radius 2 is 1.02 bits per heavy atom. The summed E-state index contributed by atoms with van der Waals surface area (Å²) in [6, 6.07) is 11.6. The van der Waals surface area contributed by atoms with Gasteiger partial charge in [0.1, 0.15) is 17.7 Å². The van der Waals surface area contributed by atoms with Crippen molar-refractivity contribution in [3.05, 3.63) is 69.8 Å². The third kappa shape index (κ3) is 4.51. The van der Waals surface area contributed by atoms with Crippen molar-refractivity contribution in [2.75, 3.05) is 0 Å². The zero-order chi connectivity index (χ0) is 31.6. The van der Waals surface area contributed by atoms with E-state index in [1.54, 1.807) is 0 Å². The number of alkyl halides is 7. The zero-order valence-electron chi connectivity index (χ0n) is 21.6. The third-order valence-corrected chi connectivity index (χ3v) is 9.02. The number of benzene rings is 2. The van der Waals surface area contributed by atoms with Gasteiger partial charge in [0.2, 0.25) is 0 Å². The Morgan fingerprint density at radius 1 is 0.651 bits per heavy atom. The fourth-order valence-corrected chi connectivity index (χ4v) is 7.30. The quantitative estimate of drug-likeness (QED) is 0.391. The lowest BCUT2D eigenvalue weighted by Crippen LogP contribution is -2.44. The van der Waals surface area contributed by atoms with Crippen LogP contribution in [0.2, 0.25) is 0 Å². The predicted molar refractivity (Wildman–Crippen MR) is 129 cm³/mol. The predicted octanol–water partition coefficient (Wildman–Crippen LogP) is 5.99. The minimum Gasteiger partial charge on any atom is -0.299 e. The van der Waals surface area contributed by atoms with Crippen molar-refractivity contribution < 1.29 is 40.3 Å². The molecule has 0 aliphatic heterocycles. The molecule has 0 bridgehead atoms. The van der Waals surface area contributed by atoms with E-state index in [2.05, 4.69) is 0 Å². The molecule has 0 N–H and O–H groups in total. The molecule has 2 aromatic rings. The lowest BCUT2D eigenvalue weighted by Gasteiger charge is -2.38. The molecule has 3 saturated carbocycles. The lowest BCUT2D eigenvalue weighted by atomic mass is 9.65. The fraction of sp³-hybridized carbons (Fsp3) is 0.400. The van der Waals surface area contributed by atoms with Crippen molar-refractivity contribution in [3.63, 3.8) is 0 Å². The third-order valence-electron chi connectivity index (χ3n) is 9.02. The van der Waals surface area contributed by atoms with Crippen LogP contribution in [0.5, 0.6) is 0 Å². The van der Waals surface area contributed by atoms with Gasteiger partial charge in [-0.25, -0.2) is 4.39 Å². The molecule has 0 spiro atoms. The van der Waals surface area contributed by atoms with Gasteiger partial charge in [-0.15, -0.1) is 0 Å². The molecule has 13 heteroatoms. The maximum Gasteiger partial charge on any atom is 0.417 e. The van der Waals surface area contributed by atoms with Gasteiger partial charge in [0, 0.05) is 23.7 Å². The summed E-state index contributed by atoms with van der Waals surface area (Å²) in [5.74, 6) is -12.8. The molecule has 6 nitrogen and oxygen atoms in total. The number of nitriles is 4. The first-order valence-electron chi connectivity index (χ1n) is 12.9. The second kappa shape index (κ2) is 10.2. The molecule has 218 valence electrons. The van der Waals surface area contributed by atoms with E-state index >= 15 is 4.39 Å². The molecule has 0 saturated heterocycles. The van der Waals surface area contributed by atoms with Crippen LogP contribution in [0.3, 0.4) is 0 Å². The number of halogens is 7. The van der Waals surface area contributed by atoms with Crippen LogP contribution in [0.4, 0.5) is 30.7 Å². The van der Waals surface area contributed by atoms with E-state index in [0.29, 0.717) is 12.1 Å². The summed E-state index contributed by atoms with van der Waals surface area (Å²) < 4.78 is 98.1. The van der Waals surface area contributed by atoms with Crippen LogP contribution >= 0.6 is 0 Å². The highest BCUT2D eigenvalue weighted by Gasteiger charge is 2.65. The first kappa shape index (κ1) is 29.7. The van der Waals surface area contributed by atoms with Gasteiger partial charge in [0.25, 0.3) is 0 Å². The molecule has 0 amide bonds. The highest BCUT2D eigenvalue weighted by Crippen LogP contribution is 2.60. The van der Waals surface area contributed by atoms with Crippen LogP contribution in [0, 0.1) is 80.8 Å². The lowest BCUT2D eigenvalue weighted by molar-refractivity contribution is -0.138. The van der Waals surface area contributed by atoms with Gasteiger partial charge < -0.3 is 0 Å². The Kier molecular flexibility index (Phi) is 7.06. The fourth-order valence-electron chi connectivity index (χ4n) is 7.30. The smallest absolute Gasteiger partial charge is 0.299 e. The Bertz CT molecular complexity index is 1580. The number of hydrogen-bond donors (Lipinski definition) is 0. The van der Waals surface area contributed by atoms with Gasteiger partial charge in [-0.2, -0.15) is 47.4 Å². The average molecular weight is 598 g/mol. The summed E-state index contributed by atoms with van der Waals surface area (Å²) in [6.07, 6.45) is -12.4. The summed E-state index contributed by atoms with van der Waals surface area (Å²) in [7, 11) is 0. The van der Waals surface area contributed by atoms with E-state index in [0.717, 1.165) is 24.3 Å². The molecule has 0 aromatic heterocycles. The van der Waals surface area contributed by atoms with Crippen molar-refractivity contribution >= 4 is 11.6 Å². The Morgan fingerprint density at radius 3 is 1.33 bits per heavy atom. The van der Waals surface area contributed by atoms with Crippen LogP contribution in [-0.2, 0) is 21.9 Å². The summed E-state index contributed by atoms with van der Waals surface area (Å²) in [6.45, 7) is 0. The number of nitrogens with zero attached hydrogens (tertiary/aromatic N) is 4. The topological polar surface area (TPSA) is 129 Å². The standard InChI is InChI=1S/C30H17F7N4O2/c31-26-24-16(27(42)22(18(24)10-40)12-1-3-14(8-38)20(5-12)29(32,33)34)7-17-25(26)19(11-41)23(28(17)43)13-2-4-15(9-39)21(6-13)30(35,36)37/h1-6,16-19,22-26H,7H2. The molecular formula is C30H17F7N4O2. The largest absolute Gasteiger partial charge is 0.417 e. The normalized spacial score (nSPS) is 31.7. The van der Waals surface area contributed by atoms with Gasteiger partial charge in [-0.05, 0) is 41.8 Å². The second-order valence-electron chi connectivity index (χ2n) is 10.9. The average Bonchev–Trinajstić information content (AvgIpc) is 3.42. The van der Waals surface area contributed by atoms with E-state index < -0.39 is 99.7 Å². The van der Waals surface area contributed by atoms with Crippen molar-refractivity contribution in [1.29, 1.82) is 21.0 Å². The van der Waals surface area contributed by atoms with Crippen molar-refractivity contribution in [2.45, 2.75) is 36.8 Å². The van der Waals surface area contributed by atoms with Gasteiger partial charge >= 0.3 is 12.4 Å². The molecule has 2 aromatic carbocycles. The molecule has 43 heavy (non-hydrogen) atoms. The monoisotopic (exact) mass is 598 g/mol. The second-order valence-corrected chi connectivity index (χ2v) is 10.9. The summed E-state index contributed by atoms with van der Waals surface area (Å²) >= 11 is 0. The maximum atomic E-state index is 16.4. The number of hydrogen-bond acceptors (Lipinski definition) is 6. The Balaban J connectivity index is 1.54. The minimum absolute atomic E-state index is 0.243. The van der Waals surface area contributed by atoms with Gasteiger partial charge in [0.05, 0.1) is 70.2 Å². The number of Topliss-reactive ketones (excluding diaryl/α,β-unsaturated/α-hetero) is 2. The number of rotatable bonds is 2. The van der Waals surface area contributed by atoms with Crippen LogP contribution < -0.4 is 0 Å². The minimum atomic E-state index is -4.96. The molecule has 3 aliphatic carbocycles. The Hall–Kier alpha value is -4.75. The summed E-state index contributed by atoms with van der Waals surface area (Å²) in [5, 5.41) is 38.2. The molecule has 3 fully saturated rings. The van der Waals surface area contributed by atoms with Crippen LogP contribution in [-0.4, -0.2) is 17.7 Å². The number of carbonyl (C=O) groups excluding carboxylic acids is 2. The van der Waals surface area contributed by atoms with Crippen molar-refractivity contribution in [3.8, 4) is 24.3 Å². The molecular weight excluding hydrogens is 581 g/mol. The highest BCUT2D eigenvalue weighted by molar-refractivity contribution is 5.95. The molecule has 3 aliphatic rings. The van der Waals surface area contributed by atoms with Crippen LogP contribution in [0.15, 0.2) is 36.4 Å². The molecule has 5 rings (SSSR count). The zero-order valence-corrected chi connectivity index (χ0v) is 21.6. The molecule has 8 atom stereocenters. The summed E-state index contributed by atoms with van der Waals surface area (Å²) in [5.41, 5.74) is -4.57. The van der Waals surface area contributed by atoms with Crippen molar-refractivity contribution in [2.24, 2.45) is 35.5 Å². The summed E-state index contributed by atoms with van der Waals surface area (Å²) in [4.78, 5) is 27.2. The van der Waals surface area contributed by atoms with E-state index in [1.807, 2.05) is 12.1 Å². The number of fused-ring (bicyclic) bond motifs is 2. The van der Waals surface area contributed by atoms with E-state index in [9.17, 15) is 46.5 Å². The molecule has 0 heterocycles. The SMILES string of the molecule is N#Cc1ccc(C2C(=O)C3CC4C(=O)C(c5ccc(C#N)c(C(F)(F)F)c5)C(C#N)C4C(F)C3C2C#N)cc1C(F)(F)F. The first-order chi connectivity index (χ1) is 20.2. The van der Waals surface area contributed by atoms with E-state index in [4.69, 9.17) is 10.5 Å². The number of ketones is 2. The van der Waals surface area contributed by atoms with E-state index in [-0.39, 0.29) is 17.5 Å². The van der Waals surface area contributed by atoms with Gasteiger partial charge in [0.15, 0.2) is 0 Å². The number of carbonyl (C=O) groups is 2. The van der Waals surface area contributed by atoms with Crippen LogP contribution in [0.25, 0.3) is 0 Å². The van der Waals surface area contributed by atoms with E-state index in [1.165, 1.54) is 12.1 Å². The molecule has 8 unspecified atom stereocenters. The first-order valence-corrected chi connectivity index (χ1v) is 12.9. The Labute approximate surface area is 239 Å². The van der Waals surface area contributed by atoms with Gasteiger partial charge in [-0.1, -0.05) is 12.1 Å². The molecule has 0 radical (unpaired) electrons. The maximum absolute atomic E-state index is 16.4. The highest BCUT2D eigenvalue weighted by atomic mass is 19.4.